The summed E-state index contributed by atoms with van der Waals surface area (Å²) in [5.41, 5.74) is 2.83. The highest BCUT2D eigenvalue weighted by atomic mass is 16.7. The first kappa shape index (κ1) is 16.1. The van der Waals surface area contributed by atoms with Crippen LogP contribution >= 0.6 is 0 Å². The third-order valence-electron chi connectivity index (χ3n) is 6.77. The lowest BCUT2D eigenvalue weighted by molar-refractivity contribution is -0.322. The van der Waals surface area contributed by atoms with Crippen LogP contribution in [0.3, 0.4) is 0 Å². The van der Waals surface area contributed by atoms with Crippen LogP contribution < -0.4 is 4.74 Å². The average molecular weight is 343 g/mol. The maximum atomic E-state index is 6.59. The van der Waals surface area contributed by atoms with Crippen molar-refractivity contribution >= 4 is 0 Å². The quantitative estimate of drug-likeness (QED) is 0.844. The number of rotatable bonds is 3. The predicted octanol–water partition coefficient (Wildman–Crippen LogP) is 3.12. The highest BCUT2D eigenvalue weighted by Crippen LogP contribution is 2.52. The minimum Gasteiger partial charge on any atom is -0.497 e. The van der Waals surface area contributed by atoms with E-state index in [-0.39, 0.29) is 11.5 Å². The molecule has 0 radical (unpaired) electrons. The maximum Gasteiger partial charge on any atom is 0.163 e. The smallest absolute Gasteiger partial charge is 0.163 e. The van der Waals surface area contributed by atoms with Crippen molar-refractivity contribution in [3.8, 4) is 5.75 Å². The van der Waals surface area contributed by atoms with Gasteiger partial charge < -0.3 is 14.2 Å². The molecule has 5 rings (SSSR count). The Kier molecular flexibility index (Phi) is 3.51. The molecular formula is C21H29NO3. The molecule has 1 aromatic rings. The zero-order valence-corrected chi connectivity index (χ0v) is 15.6. The molecule has 0 aromatic heterocycles. The van der Waals surface area contributed by atoms with Crippen LogP contribution in [0.2, 0.25) is 0 Å². The van der Waals surface area contributed by atoms with E-state index in [9.17, 15) is 0 Å². The van der Waals surface area contributed by atoms with Crippen LogP contribution in [-0.4, -0.2) is 49.6 Å². The summed E-state index contributed by atoms with van der Waals surface area (Å²) in [5, 5.41) is 0. The van der Waals surface area contributed by atoms with E-state index in [0.29, 0.717) is 6.04 Å². The summed E-state index contributed by atoms with van der Waals surface area (Å²) in [5.74, 6) is 1.36. The summed E-state index contributed by atoms with van der Waals surface area (Å²) in [6, 6.07) is 7.07. The molecule has 0 N–H and O–H groups in total. The predicted molar refractivity (Wildman–Crippen MR) is 96.0 cm³/mol. The molecule has 1 aromatic carbocycles. The van der Waals surface area contributed by atoms with Crippen LogP contribution in [0.15, 0.2) is 18.2 Å². The molecule has 4 aliphatic rings. The number of benzene rings is 1. The van der Waals surface area contributed by atoms with Crippen molar-refractivity contribution < 1.29 is 14.2 Å². The third kappa shape index (κ3) is 2.53. The Hall–Kier alpha value is -1.10. The normalized spacial score (nSPS) is 36.4. The van der Waals surface area contributed by atoms with Gasteiger partial charge in [-0.25, -0.2) is 0 Å². The summed E-state index contributed by atoms with van der Waals surface area (Å²) in [6.45, 7) is 7.26. The molecule has 25 heavy (non-hydrogen) atoms. The zero-order chi connectivity index (χ0) is 17.2. The van der Waals surface area contributed by atoms with E-state index < -0.39 is 5.79 Å². The third-order valence-corrected chi connectivity index (χ3v) is 6.77. The lowest BCUT2D eigenvalue weighted by Crippen LogP contribution is -2.70. The molecule has 2 saturated heterocycles. The van der Waals surface area contributed by atoms with Crippen molar-refractivity contribution in [3.05, 3.63) is 29.3 Å². The van der Waals surface area contributed by atoms with Gasteiger partial charge in [-0.05, 0) is 75.3 Å². The molecule has 3 fully saturated rings. The molecule has 3 atom stereocenters. The number of methoxy groups -OCH3 is 1. The first-order chi connectivity index (χ1) is 12.0. The monoisotopic (exact) mass is 343 g/mol. The van der Waals surface area contributed by atoms with Gasteiger partial charge in [-0.1, -0.05) is 6.07 Å². The van der Waals surface area contributed by atoms with Crippen molar-refractivity contribution in [1.29, 1.82) is 0 Å². The molecule has 1 saturated carbocycles. The molecule has 4 heteroatoms. The number of hydrogen-bond acceptors (Lipinski definition) is 4. The second-order valence-electron chi connectivity index (χ2n) is 8.87. The van der Waals surface area contributed by atoms with Gasteiger partial charge in [0.2, 0.25) is 0 Å². The minimum atomic E-state index is -0.495. The molecular weight excluding hydrogens is 314 g/mol. The van der Waals surface area contributed by atoms with Gasteiger partial charge in [-0.15, -0.1) is 0 Å². The second-order valence-corrected chi connectivity index (χ2v) is 8.87. The van der Waals surface area contributed by atoms with Crippen molar-refractivity contribution in [1.82, 2.24) is 4.90 Å². The topological polar surface area (TPSA) is 30.9 Å². The number of nitrogens with zero attached hydrogens (tertiary/aromatic N) is 1. The number of piperidine rings is 1. The largest absolute Gasteiger partial charge is 0.497 e. The van der Waals surface area contributed by atoms with Gasteiger partial charge >= 0.3 is 0 Å². The number of likely N-dealkylation sites (tertiary alicyclic amines) is 1. The van der Waals surface area contributed by atoms with E-state index in [1.54, 1.807) is 7.11 Å². The summed E-state index contributed by atoms with van der Waals surface area (Å²) < 4.78 is 18.3. The fourth-order valence-electron chi connectivity index (χ4n) is 5.21. The van der Waals surface area contributed by atoms with Gasteiger partial charge in [-0.2, -0.15) is 0 Å². The van der Waals surface area contributed by atoms with Crippen molar-refractivity contribution in [2.75, 3.05) is 26.8 Å². The molecule has 136 valence electrons. The van der Waals surface area contributed by atoms with E-state index in [1.165, 1.54) is 30.5 Å². The van der Waals surface area contributed by atoms with Crippen LogP contribution in [0.1, 0.15) is 44.2 Å². The summed E-state index contributed by atoms with van der Waals surface area (Å²) in [6.07, 6.45) is 5.21. The first-order valence-corrected chi connectivity index (χ1v) is 9.74. The van der Waals surface area contributed by atoms with Gasteiger partial charge in [0.15, 0.2) is 5.79 Å². The lowest BCUT2D eigenvalue weighted by atomic mass is 9.61. The summed E-state index contributed by atoms with van der Waals surface area (Å²) in [7, 11) is 1.75. The van der Waals surface area contributed by atoms with Crippen LogP contribution in [0.4, 0.5) is 0 Å². The van der Waals surface area contributed by atoms with Gasteiger partial charge in [0.05, 0.1) is 19.8 Å². The van der Waals surface area contributed by atoms with E-state index in [4.69, 9.17) is 14.2 Å². The number of ether oxygens (including phenoxy) is 3. The van der Waals surface area contributed by atoms with E-state index >= 15 is 0 Å². The molecule has 0 spiro atoms. The van der Waals surface area contributed by atoms with Gasteiger partial charge in [0, 0.05) is 18.0 Å². The standard InChI is InChI=1S/C21H29NO3/c1-20(2)24-13-21-8-9-22(12-14-4-5-14)18(19(21)25-20)10-15-6-7-16(23-3)11-17(15)21/h6-7,11,14,18-19H,4-5,8-10,12-13H2,1-3H3/t18-,19+,21-/m1/s1. The van der Waals surface area contributed by atoms with E-state index in [1.807, 2.05) is 0 Å². The molecule has 2 aliphatic heterocycles. The lowest BCUT2D eigenvalue weighted by Gasteiger charge is -2.60. The Labute approximate surface area is 150 Å². The Bertz CT molecular complexity index is 684. The van der Waals surface area contributed by atoms with Crippen molar-refractivity contribution in [2.24, 2.45) is 5.92 Å². The molecule has 2 heterocycles. The minimum absolute atomic E-state index is 0.0254. The molecule has 4 nitrogen and oxygen atoms in total. The Morgan fingerprint density at radius 2 is 2.12 bits per heavy atom. The Morgan fingerprint density at radius 3 is 2.88 bits per heavy atom. The highest BCUT2D eigenvalue weighted by molar-refractivity contribution is 5.46. The van der Waals surface area contributed by atoms with Crippen LogP contribution in [0, 0.1) is 5.92 Å². The second kappa shape index (κ2) is 5.45. The number of hydrogen-bond donors (Lipinski definition) is 0. The van der Waals surface area contributed by atoms with E-state index in [0.717, 1.165) is 37.7 Å². The van der Waals surface area contributed by atoms with Crippen molar-refractivity contribution in [2.45, 2.75) is 62.9 Å². The SMILES string of the molecule is COc1ccc2c(c1)[C@]13CCN(CC4CC4)[C@H](C2)[C@@H]1OC(C)(C)OC3. The summed E-state index contributed by atoms with van der Waals surface area (Å²) in [4.78, 5) is 2.72. The fourth-order valence-corrected chi connectivity index (χ4v) is 5.21. The summed E-state index contributed by atoms with van der Waals surface area (Å²) >= 11 is 0. The maximum absolute atomic E-state index is 6.59. The first-order valence-electron chi connectivity index (χ1n) is 9.74. The van der Waals surface area contributed by atoms with Crippen LogP contribution in [0.5, 0.6) is 5.75 Å². The zero-order valence-electron chi connectivity index (χ0n) is 15.6. The number of fused-ring (bicyclic) bond motifs is 1. The molecule has 2 aliphatic carbocycles. The fraction of sp³-hybridized carbons (Fsp3) is 0.714. The molecule has 0 unspecified atom stereocenters. The van der Waals surface area contributed by atoms with Gasteiger partial charge in [0.1, 0.15) is 5.75 Å². The molecule has 2 bridgehead atoms. The average Bonchev–Trinajstić information content (AvgIpc) is 3.40. The van der Waals surface area contributed by atoms with Gasteiger partial charge in [0.25, 0.3) is 0 Å². The molecule has 0 amide bonds. The Morgan fingerprint density at radius 1 is 1.28 bits per heavy atom. The Balaban J connectivity index is 1.58. The van der Waals surface area contributed by atoms with Crippen LogP contribution in [-0.2, 0) is 21.3 Å². The van der Waals surface area contributed by atoms with E-state index in [2.05, 4.69) is 36.9 Å². The van der Waals surface area contributed by atoms with Crippen molar-refractivity contribution in [3.63, 3.8) is 0 Å². The van der Waals surface area contributed by atoms with Gasteiger partial charge in [-0.3, -0.25) is 4.90 Å². The van der Waals surface area contributed by atoms with Crippen LogP contribution in [0.25, 0.3) is 0 Å². The highest BCUT2D eigenvalue weighted by Gasteiger charge is 2.59.